The van der Waals surface area contributed by atoms with Crippen molar-refractivity contribution in [2.75, 3.05) is 32.8 Å². The number of aliphatic hydroxyl groups is 1. The van der Waals surface area contributed by atoms with E-state index in [9.17, 15) is 23.1 Å². The number of hydrogen-bond acceptors (Lipinski definition) is 5. The molecule has 220 valence electrons. The van der Waals surface area contributed by atoms with Crippen LogP contribution in [0.3, 0.4) is 0 Å². The van der Waals surface area contributed by atoms with Gasteiger partial charge in [-0.1, -0.05) is 56.3 Å². The van der Waals surface area contributed by atoms with Crippen molar-refractivity contribution >= 4 is 5.91 Å². The summed E-state index contributed by atoms with van der Waals surface area (Å²) in [5.41, 5.74) is 1.45. The summed E-state index contributed by atoms with van der Waals surface area (Å²) in [4.78, 5) is 17.8. The number of amides is 1. The smallest absolute Gasteiger partial charge is 0.406 e. The number of alkyl halides is 3. The van der Waals surface area contributed by atoms with Gasteiger partial charge < -0.3 is 19.5 Å². The van der Waals surface area contributed by atoms with Crippen molar-refractivity contribution in [3.63, 3.8) is 0 Å². The minimum Gasteiger partial charge on any atom is -0.406 e. The first-order valence-electron chi connectivity index (χ1n) is 14.1. The molecule has 0 spiro atoms. The van der Waals surface area contributed by atoms with Gasteiger partial charge in [0.05, 0.1) is 12.7 Å². The number of β-amino-alcohol motifs (C(OH)–C–C–N with tert-alkyl or cyclic N) is 1. The number of likely N-dealkylation sites (tertiary alicyclic amines) is 1. The molecule has 1 amide bonds. The summed E-state index contributed by atoms with van der Waals surface area (Å²) < 4.78 is 47.5. The molecule has 6 nitrogen and oxygen atoms in total. The molecule has 0 aliphatic carbocycles. The van der Waals surface area contributed by atoms with Gasteiger partial charge in [-0.15, -0.1) is 13.2 Å². The number of carbonyl (C=O) groups excluding carboxylic acids is 1. The fourth-order valence-electron chi connectivity index (χ4n) is 5.70. The van der Waals surface area contributed by atoms with E-state index in [1.807, 2.05) is 44.2 Å². The van der Waals surface area contributed by atoms with Crippen LogP contribution in [0.1, 0.15) is 50.7 Å². The molecular formula is C31H41F3N2O4. The largest absolute Gasteiger partial charge is 0.573 e. The van der Waals surface area contributed by atoms with Crippen LogP contribution in [0, 0.1) is 17.3 Å². The third kappa shape index (κ3) is 8.94. The number of piperidine rings is 1. The second-order valence-electron chi connectivity index (χ2n) is 11.9. The number of carbonyl (C=O) groups is 1. The number of fused-ring (bicyclic) bond motifs is 1. The summed E-state index contributed by atoms with van der Waals surface area (Å²) in [7, 11) is 0. The maximum atomic E-state index is 13.7. The summed E-state index contributed by atoms with van der Waals surface area (Å²) in [5.74, 6) is 0.349. The van der Waals surface area contributed by atoms with E-state index in [4.69, 9.17) is 4.74 Å². The Bertz CT molecular complexity index is 1080. The van der Waals surface area contributed by atoms with Gasteiger partial charge in [-0.05, 0) is 60.9 Å². The van der Waals surface area contributed by atoms with Crippen molar-refractivity contribution in [2.45, 2.75) is 65.1 Å². The Hall–Kier alpha value is -2.62. The van der Waals surface area contributed by atoms with E-state index in [-0.39, 0.29) is 24.1 Å². The molecule has 0 bridgehead atoms. The average Bonchev–Trinajstić information content (AvgIpc) is 2.90. The molecule has 2 saturated heterocycles. The van der Waals surface area contributed by atoms with Crippen molar-refractivity contribution in [3.8, 4) is 5.75 Å². The van der Waals surface area contributed by atoms with Crippen LogP contribution >= 0.6 is 0 Å². The van der Waals surface area contributed by atoms with Crippen LogP contribution in [0.4, 0.5) is 13.2 Å². The zero-order chi connectivity index (χ0) is 28.8. The minimum atomic E-state index is -4.71. The van der Waals surface area contributed by atoms with Crippen LogP contribution in [-0.2, 0) is 22.6 Å². The van der Waals surface area contributed by atoms with E-state index < -0.39 is 17.9 Å². The zero-order valence-electron chi connectivity index (χ0n) is 23.4. The molecule has 2 aromatic rings. The number of hydrogen-bond donors (Lipinski definition) is 1. The standard InChI is InChI=1S/C31H41F3N2O4/c1-30(2)22-39-16-6-9-26-20-35(18-24-10-12-27(13-11-24)40-31(32,33)34)15-14-25(26)17-29(38)36(21-28(30)37)19-23-7-4-3-5-8-23/h3-5,7-8,10-13,25-26,28,37H,6,9,14-22H2,1-2H3/t25-,26-,28-/m0/s1. The van der Waals surface area contributed by atoms with Crippen molar-refractivity contribution in [2.24, 2.45) is 17.3 Å². The van der Waals surface area contributed by atoms with Crippen LogP contribution in [0.15, 0.2) is 54.6 Å². The molecule has 4 rings (SSSR count). The number of rotatable bonds is 5. The number of aliphatic hydroxyl groups excluding tert-OH is 1. The van der Waals surface area contributed by atoms with Gasteiger partial charge in [-0.3, -0.25) is 9.69 Å². The van der Waals surface area contributed by atoms with Gasteiger partial charge >= 0.3 is 6.36 Å². The molecule has 2 heterocycles. The molecule has 0 unspecified atom stereocenters. The highest BCUT2D eigenvalue weighted by Crippen LogP contribution is 2.33. The summed E-state index contributed by atoms with van der Waals surface area (Å²) in [6, 6.07) is 15.9. The maximum absolute atomic E-state index is 13.7. The minimum absolute atomic E-state index is 0.0579. The molecule has 2 fully saturated rings. The Kier molecular flexibility index (Phi) is 10.1. The van der Waals surface area contributed by atoms with Gasteiger partial charge in [0.15, 0.2) is 0 Å². The maximum Gasteiger partial charge on any atom is 0.573 e. The summed E-state index contributed by atoms with van der Waals surface area (Å²) >= 11 is 0. The monoisotopic (exact) mass is 562 g/mol. The van der Waals surface area contributed by atoms with Crippen molar-refractivity contribution in [1.82, 2.24) is 9.80 Å². The molecule has 2 aliphatic heterocycles. The molecule has 0 aromatic heterocycles. The fraction of sp³-hybridized carbons (Fsp3) is 0.581. The fourth-order valence-corrected chi connectivity index (χ4v) is 5.70. The Morgan fingerprint density at radius 1 is 0.975 bits per heavy atom. The predicted octanol–water partition coefficient (Wildman–Crippen LogP) is 5.64. The molecule has 1 N–H and O–H groups in total. The van der Waals surface area contributed by atoms with E-state index in [2.05, 4.69) is 9.64 Å². The zero-order valence-corrected chi connectivity index (χ0v) is 23.4. The van der Waals surface area contributed by atoms with E-state index in [0.717, 1.165) is 43.5 Å². The Balaban J connectivity index is 1.45. The number of benzene rings is 2. The van der Waals surface area contributed by atoms with Crippen LogP contribution in [0.2, 0.25) is 0 Å². The van der Waals surface area contributed by atoms with E-state index in [0.29, 0.717) is 38.6 Å². The lowest BCUT2D eigenvalue weighted by Crippen LogP contribution is -2.46. The normalized spacial score (nSPS) is 25.3. The third-order valence-corrected chi connectivity index (χ3v) is 8.18. The molecule has 9 heteroatoms. The lowest BCUT2D eigenvalue weighted by molar-refractivity contribution is -0.274. The van der Waals surface area contributed by atoms with E-state index in [1.165, 1.54) is 12.1 Å². The Morgan fingerprint density at radius 3 is 2.38 bits per heavy atom. The molecular weight excluding hydrogens is 521 g/mol. The molecule has 2 aliphatic rings. The molecule has 40 heavy (non-hydrogen) atoms. The highest BCUT2D eigenvalue weighted by atomic mass is 19.4. The summed E-state index contributed by atoms with van der Waals surface area (Å²) in [6.07, 6.45) is -2.34. The van der Waals surface area contributed by atoms with Crippen molar-refractivity contribution in [3.05, 3.63) is 65.7 Å². The predicted molar refractivity (Wildman–Crippen MR) is 146 cm³/mol. The van der Waals surface area contributed by atoms with Gasteiger partial charge in [-0.25, -0.2) is 0 Å². The summed E-state index contributed by atoms with van der Waals surface area (Å²) in [6.45, 7) is 7.90. The van der Waals surface area contributed by atoms with E-state index >= 15 is 0 Å². The second-order valence-corrected chi connectivity index (χ2v) is 11.9. The van der Waals surface area contributed by atoms with Gasteiger partial charge in [0.2, 0.25) is 5.91 Å². The highest BCUT2D eigenvalue weighted by molar-refractivity contribution is 5.76. The SMILES string of the molecule is CC1(C)COCCC[C@H]2CN(Cc3ccc(OC(F)(F)F)cc3)CC[C@H]2CC(=O)N(Cc2ccccc2)C[C@@H]1O. The van der Waals surface area contributed by atoms with Gasteiger partial charge in [0.1, 0.15) is 5.75 Å². The van der Waals surface area contributed by atoms with Crippen LogP contribution in [0.5, 0.6) is 5.75 Å². The second kappa shape index (κ2) is 13.4. The number of ether oxygens (including phenoxy) is 2. The lowest BCUT2D eigenvalue weighted by Gasteiger charge is -2.39. The first kappa shape index (κ1) is 30.3. The van der Waals surface area contributed by atoms with Gasteiger partial charge in [-0.2, -0.15) is 0 Å². The van der Waals surface area contributed by atoms with Crippen LogP contribution < -0.4 is 4.74 Å². The first-order chi connectivity index (χ1) is 19.0. The lowest BCUT2D eigenvalue weighted by atomic mass is 9.80. The van der Waals surface area contributed by atoms with Gasteiger partial charge in [0.25, 0.3) is 0 Å². The summed E-state index contributed by atoms with van der Waals surface area (Å²) in [5, 5.41) is 11.1. The average molecular weight is 563 g/mol. The van der Waals surface area contributed by atoms with Crippen LogP contribution in [0.25, 0.3) is 0 Å². The van der Waals surface area contributed by atoms with Gasteiger partial charge in [0, 0.05) is 44.6 Å². The van der Waals surface area contributed by atoms with E-state index in [1.54, 1.807) is 17.0 Å². The highest BCUT2D eigenvalue weighted by Gasteiger charge is 2.35. The quantitative estimate of drug-likeness (QED) is 0.511. The molecule has 3 atom stereocenters. The number of nitrogens with zero attached hydrogens (tertiary/aromatic N) is 2. The Labute approximate surface area is 235 Å². The number of halogens is 3. The van der Waals surface area contributed by atoms with Crippen molar-refractivity contribution < 1.29 is 32.5 Å². The molecule has 2 aromatic carbocycles. The Morgan fingerprint density at radius 2 is 1.68 bits per heavy atom. The molecule has 0 saturated carbocycles. The first-order valence-corrected chi connectivity index (χ1v) is 14.1. The third-order valence-electron chi connectivity index (χ3n) is 8.18. The van der Waals surface area contributed by atoms with Crippen LogP contribution in [-0.4, -0.2) is 66.1 Å². The topological polar surface area (TPSA) is 62.2 Å². The van der Waals surface area contributed by atoms with Crippen molar-refractivity contribution in [1.29, 1.82) is 0 Å². The molecule has 0 radical (unpaired) electrons.